The van der Waals surface area contributed by atoms with Gasteiger partial charge in [-0.3, -0.25) is 0 Å². The third-order valence-corrected chi connectivity index (χ3v) is 3.34. The average molecular weight is 251 g/mol. The molecule has 2 aromatic rings. The van der Waals surface area contributed by atoms with Crippen molar-refractivity contribution in [2.45, 2.75) is 19.4 Å². The Bertz CT molecular complexity index is 497. The molecular weight excluding hydrogens is 234 g/mol. The molecule has 0 radical (unpaired) electrons. The van der Waals surface area contributed by atoms with E-state index in [1.54, 1.807) is 6.07 Å². The van der Waals surface area contributed by atoms with E-state index in [9.17, 15) is 0 Å². The first-order valence-electron chi connectivity index (χ1n) is 5.64. The summed E-state index contributed by atoms with van der Waals surface area (Å²) in [6.07, 6.45) is 3.14. The van der Waals surface area contributed by atoms with Gasteiger partial charge < -0.3 is 15.5 Å². The third-order valence-electron chi connectivity index (χ3n) is 2.60. The van der Waals surface area contributed by atoms with Gasteiger partial charge in [0.2, 0.25) is 0 Å². The minimum absolute atomic E-state index is 0.385. The summed E-state index contributed by atoms with van der Waals surface area (Å²) in [7, 11) is 0. The molecule has 0 saturated carbocycles. The molecular formula is C12H17N3OS. The molecule has 0 aliphatic rings. The van der Waals surface area contributed by atoms with Crippen molar-refractivity contribution in [2.24, 2.45) is 0 Å². The van der Waals surface area contributed by atoms with Crippen LogP contribution in [0.1, 0.15) is 13.3 Å². The third kappa shape index (κ3) is 2.85. The fourth-order valence-electron chi connectivity index (χ4n) is 1.64. The van der Waals surface area contributed by atoms with Crippen LogP contribution in [0, 0.1) is 0 Å². The molecule has 0 spiro atoms. The number of benzene rings is 1. The number of hydrogen-bond donors (Lipinski definition) is 2. The summed E-state index contributed by atoms with van der Waals surface area (Å²) in [5, 5.41) is 3.30. The van der Waals surface area contributed by atoms with E-state index in [0.29, 0.717) is 17.7 Å². The molecule has 3 N–H and O–H groups in total. The number of anilines is 2. The SMILES string of the molecule is CCC(CSC)Nc1nc2ccc(N)cc2o1. The van der Waals surface area contributed by atoms with Gasteiger partial charge in [0, 0.05) is 23.5 Å². The smallest absolute Gasteiger partial charge is 0.295 e. The molecule has 1 heterocycles. The summed E-state index contributed by atoms with van der Waals surface area (Å²) in [6.45, 7) is 2.15. The van der Waals surface area contributed by atoms with E-state index in [2.05, 4.69) is 23.5 Å². The summed E-state index contributed by atoms with van der Waals surface area (Å²) in [5.41, 5.74) is 7.95. The number of rotatable bonds is 5. The highest BCUT2D eigenvalue weighted by molar-refractivity contribution is 7.98. The van der Waals surface area contributed by atoms with E-state index < -0.39 is 0 Å². The van der Waals surface area contributed by atoms with E-state index in [-0.39, 0.29) is 0 Å². The number of nitrogens with zero attached hydrogens (tertiary/aromatic N) is 1. The molecule has 2 rings (SSSR count). The van der Waals surface area contributed by atoms with E-state index in [1.165, 1.54) is 0 Å². The molecule has 1 unspecified atom stereocenters. The van der Waals surface area contributed by atoms with Gasteiger partial charge in [0.05, 0.1) is 0 Å². The molecule has 0 fully saturated rings. The van der Waals surface area contributed by atoms with Gasteiger partial charge in [0.15, 0.2) is 5.58 Å². The van der Waals surface area contributed by atoms with Gasteiger partial charge in [-0.1, -0.05) is 6.92 Å². The monoisotopic (exact) mass is 251 g/mol. The molecule has 4 nitrogen and oxygen atoms in total. The Balaban J connectivity index is 2.18. The van der Waals surface area contributed by atoms with Crippen molar-refractivity contribution in [3.05, 3.63) is 18.2 Å². The Hall–Kier alpha value is -1.36. The normalized spacial score (nSPS) is 12.8. The van der Waals surface area contributed by atoms with Crippen molar-refractivity contribution in [2.75, 3.05) is 23.1 Å². The van der Waals surface area contributed by atoms with E-state index >= 15 is 0 Å². The van der Waals surface area contributed by atoms with E-state index in [4.69, 9.17) is 10.2 Å². The molecule has 92 valence electrons. The number of nitrogen functional groups attached to an aromatic ring is 1. The second-order valence-corrected chi connectivity index (χ2v) is 4.86. The van der Waals surface area contributed by atoms with Crippen LogP contribution in [0.25, 0.3) is 11.1 Å². The van der Waals surface area contributed by atoms with Gasteiger partial charge in [-0.25, -0.2) is 0 Å². The fourth-order valence-corrected chi connectivity index (χ4v) is 2.36. The Labute approximate surface area is 105 Å². The zero-order valence-corrected chi connectivity index (χ0v) is 10.9. The highest BCUT2D eigenvalue weighted by Crippen LogP contribution is 2.22. The van der Waals surface area contributed by atoms with Gasteiger partial charge in [0.25, 0.3) is 6.01 Å². The van der Waals surface area contributed by atoms with E-state index in [0.717, 1.165) is 23.3 Å². The Morgan fingerprint density at radius 3 is 3.06 bits per heavy atom. The first-order chi connectivity index (χ1) is 8.22. The number of hydrogen-bond acceptors (Lipinski definition) is 5. The summed E-state index contributed by atoms with van der Waals surface area (Å²) < 4.78 is 5.62. The lowest BCUT2D eigenvalue weighted by Crippen LogP contribution is -2.21. The van der Waals surface area contributed by atoms with Crippen LogP contribution >= 0.6 is 11.8 Å². The number of fused-ring (bicyclic) bond motifs is 1. The predicted molar refractivity (Wildman–Crippen MR) is 74.5 cm³/mol. The molecule has 0 bridgehead atoms. The highest BCUT2D eigenvalue weighted by Gasteiger charge is 2.10. The minimum atomic E-state index is 0.385. The lowest BCUT2D eigenvalue weighted by molar-refractivity contribution is 0.598. The van der Waals surface area contributed by atoms with Crippen molar-refractivity contribution in [3.8, 4) is 0 Å². The van der Waals surface area contributed by atoms with Crippen molar-refractivity contribution in [1.82, 2.24) is 4.98 Å². The van der Waals surface area contributed by atoms with Crippen LogP contribution in [-0.4, -0.2) is 23.0 Å². The van der Waals surface area contributed by atoms with Crippen LogP contribution in [0.3, 0.4) is 0 Å². The molecule has 1 aromatic carbocycles. The molecule has 0 saturated heterocycles. The molecule has 17 heavy (non-hydrogen) atoms. The zero-order valence-electron chi connectivity index (χ0n) is 10.1. The van der Waals surface area contributed by atoms with Crippen LogP contribution in [0.5, 0.6) is 0 Å². The molecule has 5 heteroatoms. The van der Waals surface area contributed by atoms with Crippen LogP contribution in [0.15, 0.2) is 22.6 Å². The van der Waals surface area contributed by atoms with Crippen molar-refractivity contribution in [1.29, 1.82) is 0 Å². The van der Waals surface area contributed by atoms with Crippen molar-refractivity contribution < 1.29 is 4.42 Å². The van der Waals surface area contributed by atoms with Gasteiger partial charge in [-0.05, 0) is 24.8 Å². The summed E-state index contributed by atoms with van der Waals surface area (Å²) in [5.74, 6) is 1.04. The predicted octanol–water partition coefficient (Wildman–Crippen LogP) is 2.96. The zero-order chi connectivity index (χ0) is 12.3. The molecule has 0 aliphatic carbocycles. The van der Waals surface area contributed by atoms with Crippen LogP contribution in [0.2, 0.25) is 0 Å². The molecule has 0 aliphatic heterocycles. The van der Waals surface area contributed by atoms with Crippen molar-refractivity contribution in [3.63, 3.8) is 0 Å². The number of thioether (sulfide) groups is 1. The maximum atomic E-state index is 5.70. The number of nitrogens with one attached hydrogen (secondary N) is 1. The van der Waals surface area contributed by atoms with Crippen LogP contribution in [0.4, 0.5) is 11.7 Å². The molecule has 1 aromatic heterocycles. The summed E-state index contributed by atoms with van der Waals surface area (Å²) in [4.78, 5) is 4.38. The lowest BCUT2D eigenvalue weighted by Gasteiger charge is -2.13. The molecule has 1 atom stereocenters. The summed E-state index contributed by atoms with van der Waals surface area (Å²) in [6, 6.07) is 6.45. The number of oxazole rings is 1. The van der Waals surface area contributed by atoms with E-state index in [1.807, 2.05) is 23.9 Å². The first-order valence-corrected chi connectivity index (χ1v) is 7.04. The minimum Gasteiger partial charge on any atom is -0.423 e. The quantitative estimate of drug-likeness (QED) is 0.800. The van der Waals surface area contributed by atoms with Crippen LogP contribution in [-0.2, 0) is 0 Å². The Morgan fingerprint density at radius 2 is 2.35 bits per heavy atom. The average Bonchev–Trinajstić information content (AvgIpc) is 2.69. The van der Waals surface area contributed by atoms with Gasteiger partial charge >= 0.3 is 0 Å². The maximum absolute atomic E-state index is 5.70. The second kappa shape index (κ2) is 5.31. The Morgan fingerprint density at radius 1 is 1.53 bits per heavy atom. The van der Waals surface area contributed by atoms with Gasteiger partial charge in [-0.15, -0.1) is 0 Å². The fraction of sp³-hybridized carbons (Fsp3) is 0.417. The Kier molecular flexibility index (Phi) is 3.78. The largest absolute Gasteiger partial charge is 0.423 e. The lowest BCUT2D eigenvalue weighted by atomic mass is 10.3. The number of aromatic nitrogens is 1. The standard InChI is InChI=1S/C12H17N3OS/c1-3-9(7-17-2)14-12-15-10-5-4-8(13)6-11(10)16-12/h4-6,9H,3,7,13H2,1-2H3,(H,14,15). The van der Waals surface area contributed by atoms with Gasteiger partial charge in [0.1, 0.15) is 5.52 Å². The molecule has 0 amide bonds. The van der Waals surface area contributed by atoms with Gasteiger partial charge in [-0.2, -0.15) is 16.7 Å². The van der Waals surface area contributed by atoms with Crippen molar-refractivity contribution >= 4 is 34.6 Å². The topological polar surface area (TPSA) is 64.1 Å². The maximum Gasteiger partial charge on any atom is 0.295 e. The second-order valence-electron chi connectivity index (χ2n) is 3.95. The highest BCUT2D eigenvalue weighted by atomic mass is 32.2. The number of nitrogens with two attached hydrogens (primary N) is 1. The van der Waals surface area contributed by atoms with Crippen LogP contribution < -0.4 is 11.1 Å². The summed E-state index contributed by atoms with van der Waals surface area (Å²) >= 11 is 1.81. The first kappa shape index (κ1) is 12.1.